The lowest BCUT2D eigenvalue weighted by Crippen LogP contribution is -2.12. The first-order valence-corrected chi connectivity index (χ1v) is 6.15. The fourth-order valence-corrected chi connectivity index (χ4v) is 1.80. The van der Waals surface area contributed by atoms with Crippen LogP contribution in [0.15, 0.2) is 24.3 Å². The maximum atomic E-state index is 11.1. The maximum absolute atomic E-state index is 11.1. The van der Waals surface area contributed by atoms with E-state index in [1.807, 2.05) is 0 Å². The van der Waals surface area contributed by atoms with Crippen LogP contribution in [0.25, 0.3) is 0 Å². The Morgan fingerprint density at radius 1 is 1.40 bits per heavy atom. The van der Waals surface area contributed by atoms with Crippen LogP contribution in [-0.4, -0.2) is 10.6 Å². The fourth-order valence-electron chi connectivity index (χ4n) is 1.43. The molecule has 0 saturated heterocycles. The number of halogens is 1. The van der Waals surface area contributed by atoms with Crippen LogP contribution in [0.5, 0.6) is 0 Å². The van der Waals surface area contributed by atoms with Crippen LogP contribution in [0.2, 0.25) is 0 Å². The molecular weight excluding hydrogens is 252 g/mol. The van der Waals surface area contributed by atoms with Crippen molar-refractivity contribution in [1.82, 2.24) is 0 Å². The summed E-state index contributed by atoms with van der Waals surface area (Å²) >= 11 is 3.39. The van der Waals surface area contributed by atoms with Crippen LogP contribution in [0.1, 0.15) is 37.8 Å². The summed E-state index contributed by atoms with van der Waals surface area (Å²) in [7, 11) is 0. The van der Waals surface area contributed by atoms with E-state index in [-0.39, 0.29) is 10.6 Å². The monoisotopic (exact) mass is 268 g/mol. The van der Waals surface area contributed by atoms with Gasteiger partial charge in [-0.3, -0.25) is 4.79 Å². The summed E-state index contributed by atoms with van der Waals surface area (Å²) in [5, 5.41) is 0. The Labute approximate surface area is 100 Å². The molecule has 0 aromatic heterocycles. The first-order chi connectivity index (χ1) is 7.00. The standard InChI is InChI=1S/C13H17BrO/c1-9(2)12-6-4-5-11(7-12)8-13(14)10(3)15/h4-7,9,13H,8H2,1-3H3. The number of Topliss-reactive ketones (excluding diaryl/α,β-unsaturated/α-hetero) is 1. The minimum atomic E-state index is -0.0556. The summed E-state index contributed by atoms with van der Waals surface area (Å²) in [5.41, 5.74) is 2.55. The summed E-state index contributed by atoms with van der Waals surface area (Å²) < 4.78 is 0. The number of rotatable bonds is 4. The third kappa shape index (κ3) is 3.78. The van der Waals surface area contributed by atoms with Crippen molar-refractivity contribution in [2.75, 3.05) is 0 Å². The molecule has 1 nitrogen and oxygen atoms in total. The molecule has 2 heteroatoms. The Kier molecular flexibility index (Phi) is 4.52. The first kappa shape index (κ1) is 12.4. The van der Waals surface area contributed by atoms with Crippen LogP contribution < -0.4 is 0 Å². The van der Waals surface area contributed by atoms with Crippen LogP contribution in [0.3, 0.4) is 0 Å². The van der Waals surface area contributed by atoms with E-state index in [4.69, 9.17) is 0 Å². The average molecular weight is 269 g/mol. The van der Waals surface area contributed by atoms with E-state index in [1.165, 1.54) is 11.1 Å². The van der Waals surface area contributed by atoms with Crippen molar-refractivity contribution in [3.8, 4) is 0 Å². The Morgan fingerprint density at radius 2 is 2.07 bits per heavy atom. The number of hydrogen-bond acceptors (Lipinski definition) is 1. The predicted molar refractivity (Wildman–Crippen MR) is 67.6 cm³/mol. The average Bonchev–Trinajstić information content (AvgIpc) is 2.18. The minimum absolute atomic E-state index is 0.0556. The molecule has 0 fully saturated rings. The quantitative estimate of drug-likeness (QED) is 0.761. The molecule has 0 aliphatic carbocycles. The predicted octanol–water partition coefficient (Wildman–Crippen LogP) is 3.71. The Hall–Kier alpha value is -0.630. The number of carbonyl (C=O) groups is 1. The number of benzene rings is 1. The van der Waals surface area contributed by atoms with Gasteiger partial charge in [0.15, 0.2) is 0 Å². The van der Waals surface area contributed by atoms with Crippen molar-refractivity contribution in [3.63, 3.8) is 0 Å². The van der Waals surface area contributed by atoms with Gasteiger partial charge >= 0.3 is 0 Å². The van der Waals surface area contributed by atoms with Crippen LogP contribution >= 0.6 is 15.9 Å². The van der Waals surface area contributed by atoms with Gasteiger partial charge < -0.3 is 0 Å². The molecule has 1 rings (SSSR count). The van der Waals surface area contributed by atoms with Crippen molar-refractivity contribution < 1.29 is 4.79 Å². The second kappa shape index (κ2) is 5.45. The molecule has 0 N–H and O–H groups in total. The summed E-state index contributed by atoms with van der Waals surface area (Å²) in [4.78, 5) is 11.1. The van der Waals surface area contributed by atoms with Gasteiger partial charge in [-0.25, -0.2) is 0 Å². The fraction of sp³-hybridized carbons (Fsp3) is 0.462. The normalized spacial score (nSPS) is 12.9. The van der Waals surface area contributed by atoms with E-state index >= 15 is 0 Å². The zero-order valence-electron chi connectivity index (χ0n) is 9.46. The zero-order chi connectivity index (χ0) is 11.4. The van der Waals surface area contributed by atoms with Crippen molar-refractivity contribution in [2.45, 2.75) is 37.9 Å². The van der Waals surface area contributed by atoms with Gasteiger partial charge in [0, 0.05) is 0 Å². The third-order valence-corrected chi connectivity index (χ3v) is 3.44. The van der Waals surface area contributed by atoms with Gasteiger partial charge in [0.05, 0.1) is 4.83 Å². The molecule has 0 aliphatic heterocycles. The second-order valence-electron chi connectivity index (χ2n) is 4.18. The van der Waals surface area contributed by atoms with Crippen molar-refractivity contribution >= 4 is 21.7 Å². The van der Waals surface area contributed by atoms with E-state index in [1.54, 1.807) is 6.92 Å². The lowest BCUT2D eigenvalue weighted by Gasteiger charge is -2.10. The summed E-state index contributed by atoms with van der Waals surface area (Å²) in [6, 6.07) is 8.45. The van der Waals surface area contributed by atoms with E-state index in [0.717, 1.165) is 6.42 Å². The highest BCUT2D eigenvalue weighted by molar-refractivity contribution is 9.10. The molecule has 0 amide bonds. The molecule has 1 aromatic carbocycles. The number of hydrogen-bond donors (Lipinski definition) is 0. The molecule has 0 aliphatic rings. The summed E-state index contributed by atoms with van der Waals surface area (Å²) in [6.45, 7) is 5.97. The summed E-state index contributed by atoms with van der Waals surface area (Å²) in [5.74, 6) is 0.723. The molecule has 1 atom stereocenters. The molecule has 1 aromatic rings. The van der Waals surface area contributed by atoms with Crippen LogP contribution in [-0.2, 0) is 11.2 Å². The van der Waals surface area contributed by atoms with Crippen molar-refractivity contribution in [3.05, 3.63) is 35.4 Å². The minimum Gasteiger partial charge on any atom is -0.299 e. The first-order valence-electron chi connectivity index (χ1n) is 5.24. The second-order valence-corrected chi connectivity index (χ2v) is 5.29. The van der Waals surface area contributed by atoms with Gasteiger partial charge in [0.25, 0.3) is 0 Å². The molecule has 0 spiro atoms. The van der Waals surface area contributed by atoms with Gasteiger partial charge in [-0.1, -0.05) is 54.0 Å². The lowest BCUT2D eigenvalue weighted by molar-refractivity contribution is -0.116. The number of ketones is 1. The van der Waals surface area contributed by atoms with E-state index in [9.17, 15) is 4.79 Å². The van der Waals surface area contributed by atoms with E-state index in [0.29, 0.717) is 5.92 Å². The van der Waals surface area contributed by atoms with Gasteiger partial charge in [-0.2, -0.15) is 0 Å². The molecule has 0 bridgehead atoms. The highest BCUT2D eigenvalue weighted by atomic mass is 79.9. The molecule has 82 valence electrons. The van der Waals surface area contributed by atoms with Crippen molar-refractivity contribution in [1.29, 1.82) is 0 Å². The van der Waals surface area contributed by atoms with Crippen LogP contribution in [0, 0.1) is 0 Å². The molecular formula is C13H17BrO. The molecule has 1 unspecified atom stereocenters. The number of alkyl halides is 1. The topological polar surface area (TPSA) is 17.1 Å². The third-order valence-electron chi connectivity index (χ3n) is 2.47. The van der Waals surface area contributed by atoms with Gasteiger partial charge in [-0.05, 0) is 30.4 Å². The zero-order valence-corrected chi connectivity index (χ0v) is 11.0. The smallest absolute Gasteiger partial charge is 0.143 e. The molecule has 0 radical (unpaired) electrons. The van der Waals surface area contributed by atoms with Gasteiger partial charge in [-0.15, -0.1) is 0 Å². The van der Waals surface area contributed by atoms with E-state index in [2.05, 4.69) is 54.0 Å². The number of carbonyl (C=O) groups excluding carboxylic acids is 1. The lowest BCUT2D eigenvalue weighted by atomic mass is 9.98. The van der Waals surface area contributed by atoms with Crippen LogP contribution in [0.4, 0.5) is 0 Å². The Morgan fingerprint density at radius 3 is 2.60 bits per heavy atom. The maximum Gasteiger partial charge on any atom is 0.143 e. The Balaban J connectivity index is 2.78. The molecule has 0 heterocycles. The summed E-state index contributed by atoms with van der Waals surface area (Å²) in [6.07, 6.45) is 0.774. The van der Waals surface area contributed by atoms with Crippen molar-refractivity contribution in [2.24, 2.45) is 0 Å². The van der Waals surface area contributed by atoms with E-state index < -0.39 is 0 Å². The largest absolute Gasteiger partial charge is 0.299 e. The molecule has 15 heavy (non-hydrogen) atoms. The van der Waals surface area contributed by atoms with Gasteiger partial charge in [0.1, 0.15) is 5.78 Å². The van der Waals surface area contributed by atoms with Gasteiger partial charge in [0.2, 0.25) is 0 Å². The Bertz CT molecular complexity index is 344. The highest BCUT2D eigenvalue weighted by Crippen LogP contribution is 2.18. The SMILES string of the molecule is CC(=O)C(Br)Cc1cccc(C(C)C)c1. The highest BCUT2D eigenvalue weighted by Gasteiger charge is 2.10. The molecule has 0 saturated carbocycles.